The Balaban J connectivity index is 2.26. The monoisotopic (exact) mass is 417 g/mol. The highest BCUT2D eigenvalue weighted by molar-refractivity contribution is 9.11. The van der Waals surface area contributed by atoms with E-state index in [1.54, 1.807) is 11.0 Å². The number of hydrogen-bond donors (Lipinski definition) is 2. The van der Waals surface area contributed by atoms with E-state index in [0.717, 1.165) is 30.4 Å². The lowest BCUT2D eigenvalue weighted by molar-refractivity contribution is -0.119. The average molecular weight is 419 g/mol. The molecule has 1 aromatic carbocycles. The van der Waals surface area contributed by atoms with Gasteiger partial charge in [0.15, 0.2) is 0 Å². The summed E-state index contributed by atoms with van der Waals surface area (Å²) in [6.45, 7) is 1.63. The van der Waals surface area contributed by atoms with Gasteiger partial charge >= 0.3 is 0 Å². The third-order valence-electron chi connectivity index (χ3n) is 3.50. The van der Waals surface area contributed by atoms with Crippen molar-refractivity contribution in [1.82, 2.24) is 10.2 Å². The molecule has 0 bridgehead atoms. The van der Waals surface area contributed by atoms with Gasteiger partial charge in [0.05, 0.1) is 12.1 Å². The minimum atomic E-state index is -0.491. The number of nitrogens with two attached hydrogens (primary N) is 1. The lowest BCUT2D eigenvalue weighted by Gasteiger charge is -2.34. The maximum absolute atomic E-state index is 12.8. The summed E-state index contributed by atoms with van der Waals surface area (Å²) in [7, 11) is 0. The van der Waals surface area contributed by atoms with Gasteiger partial charge in [-0.3, -0.25) is 9.59 Å². The Labute approximate surface area is 140 Å². The molecule has 1 heterocycles. The third-order valence-corrected chi connectivity index (χ3v) is 4.65. The van der Waals surface area contributed by atoms with Crippen LogP contribution in [-0.2, 0) is 4.79 Å². The minimum Gasteiger partial charge on any atom is -0.368 e. The van der Waals surface area contributed by atoms with Crippen LogP contribution in [0.4, 0.5) is 0 Å². The van der Waals surface area contributed by atoms with Gasteiger partial charge < -0.3 is 16.0 Å². The van der Waals surface area contributed by atoms with Crippen LogP contribution in [0, 0.1) is 0 Å². The van der Waals surface area contributed by atoms with Crippen LogP contribution in [0.25, 0.3) is 0 Å². The van der Waals surface area contributed by atoms with Crippen molar-refractivity contribution < 1.29 is 9.59 Å². The number of halogens is 2. The van der Waals surface area contributed by atoms with E-state index in [0.29, 0.717) is 10.0 Å². The summed E-state index contributed by atoms with van der Waals surface area (Å²) in [6.07, 6.45) is 1.65. The van der Waals surface area contributed by atoms with Crippen LogP contribution in [-0.4, -0.2) is 42.4 Å². The van der Waals surface area contributed by atoms with Crippen LogP contribution < -0.4 is 11.1 Å². The normalized spacial score (nSPS) is 15.7. The second-order valence-electron chi connectivity index (χ2n) is 5.00. The third kappa shape index (κ3) is 4.28. The van der Waals surface area contributed by atoms with Crippen molar-refractivity contribution in [2.75, 3.05) is 19.6 Å². The molecule has 21 heavy (non-hydrogen) atoms. The maximum atomic E-state index is 12.8. The molecule has 3 N–H and O–H groups in total. The maximum Gasteiger partial charge on any atom is 0.255 e. The van der Waals surface area contributed by atoms with Crippen molar-refractivity contribution in [2.45, 2.75) is 18.9 Å². The molecule has 5 nitrogen and oxygen atoms in total. The first-order chi connectivity index (χ1) is 9.99. The fraction of sp³-hybridized carbons (Fsp3) is 0.429. The first-order valence-electron chi connectivity index (χ1n) is 6.74. The van der Waals surface area contributed by atoms with Gasteiger partial charge in [-0.15, -0.1) is 0 Å². The Kier molecular flexibility index (Phi) is 5.78. The largest absolute Gasteiger partial charge is 0.368 e. The number of rotatable bonds is 4. The van der Waals surface area contributed by atoms with Crippen LogP contribution in [0.5, 0.6) is 0 Å². The lowest BCUT2D eigenvalue weighted by atomic mass is 10.0. The SMILES string of the molecule is NC(=O)CN(C(=O)c1ccc(Br)cc1Br)C1CCNCC1. The van der Waals surface area contributed by atoms with E-state index in [4.69, 9.17) is 5.73 Å². The van der Waals surface area contributed by atoms with Crippen molar-refractivity contribution in [3.05, 3.63) is 32.7 Å². The molecule has 0 saturated carbocycles. The number of piperidine rings is 1. The predicted octanol–water partition coefficient (Wildman–Crippen LogP) is 1.89. The zero-order valence-corrected chi connectivity index (χ0v) is 14.6. The van der Waals surface area contributed by atoms with Gasteiger partial charge in [0.1, 0.15) is 0 Å². The summed E-state index contributed by atoms with van der Waals surface area (Å²) in [5, 5.41) is 3.25. The molecular formula is C14H17Br2N3O2. The summed E-state index contributed by atoms with van der Waals surface area (Å²) in [5.74, 6) is -0.657. The highest BCUT2D eigenvalue weighted by Gasteiger charge is 2.28. The Hall–Kier alpha value is -0.920. The predicted molar refractivity (Wildman–Crippen MR) is 88.0 cm³/mol. The van der Waals surface area contributed by atoms with E-state index in [1.165, 1.54) is 0 Å². The molecule has 2 rings (SSSR count). The van der Waals surface area contributed by atoms with Gasteiger partial charge in [-0.25, -0.2) is 0 Å². The molecule has 7 heteroatoms. The number of hydrogen-bond acceptors (Lipinski definition) is 3. The number of carbonyl (C=O) groups excluding carboxylic acids is 2. The minimum absolute atomic E-state index is 0.0433. The summed E-state index contributed by atoms with van der Waals surface area (Å²) in [5.41, 5.74) is 5.85. The van der Waals surface area contributed by atoms with Crippen molar-refractivity contribution in [3.63, 3.8) is 0 Å². The summed E-state index contributed by atoms with van der Waals surface area (Å²) >= 11 is 6.76. The molecule has 0 radical (unpaired) electrons. The molecule has 1 fully saturated rings. The number of amides is 2. The molecule has 1 aliphatic rings. The van der Waals surface area contributed by atoms with E-state index in [-0.39, 0.29) is 18.5 Å². The van der Waals surface area contributed by atoms with Crippen molar-refractivity contribution in [2.24, 2.45) is 5.73 Å². The first kappa shape index (κ1) is 16.5. The van der Waals surface area contributed by atoms with Gasteiger partial charge in [-0.2, -0.15) is 0 Å². The molecular weight excluding hydrogens is 402 g/mol. The van der Waals surface area contributed by atoms with Crippen LogP contribution in [0.3, 0.4) is 0 Å². The lowest BCUT2D eigenvalue weighted by Crippen LogP contribution is -2.49. The number of nitrogens with zero attached hydrogens (tertiary/aromatic N) is 1. The molecule has 0 spiro atoms. The summed E-state index contributed by atoms with van der Waals surface area (Å²) in [6, 6.07) is 5.41. The Morgan fingerprint density at radius 3 is 2.52 bits per heavy atom. The van der Waals surface area contributed by atoms with Crippen molar-refractivity contribution >= 4 is 43.7 Å². The van der Waals surface area contributed by atoms with E-state index < -0.39 is 5.91 Å². The molecule has 0 aromatic heterocycles. The van der Waals surface area contributed by atoms with Crippen LogP contribution >= 0.6 is 31.9 Å². The second kappa shape index (κ2) is 7.38. The zero-order valence-electron chi connectivity index (χ0n) is 11.4. The van der Waals surface area contributed by atoms with Gasteiger partial charge in [-0.05, 0) is 60.1 Å². The highest BCUT2D eigenvalue weighted by Crippen LogP contribution is 2.25. The second-order valence-corrected chi connectivity index (χ2v) is 6.77. The van der Waals surface area contributed by atoms with Gasteiger partial charge in [0, 0.05) is 15.0 Å². The summed E-state index contributed by atoms with van der Waals surface area (Å²) in [4.78, 5) is 25.7. The molecule has 0 unspecified atom stereocenters. The number of benzene rings is 1. The fourth-order valence-corrected chi connectivity index (χ4v) is 3.69. The number of nitrogens with one attached hydrogen (secondary N) is 1. The number of carbonyl (C=O) groups is 2. The van der Waals surface area contributed by atoms with Crippen molar-refractivity contribution in [1.29, 1.82) is 0 Å². The van der Waals surface area contributed by atoms with Crippen LogP contribution in [0.15, 0.2) is 27.1 Å². The molecule has 0 aliphatic carbocycles. The molecule has 1 aromatic rings. The van der Waals surface area contributed by atoms with E-state index in [1.807, 2.05) is 12.1 Å². The molecule has 114 valence electrons. The molecule has 1 saturated heterocycles. The standard InChI is InChI=1S/C14H17Br2N3O2/c15-9-1-2-11(12(16)7-9)14(21)19(8-13(17)20)10-3-5-18-6-4-10/h1-2,7,10,18H,3-6,8H2,(H2,17,20). The topological polar surface area (TPSA) is 75.4 Å². The first-order valence-corrected chi connectivity index (χ1v) is 8.32. The Morgan fingerprint density at radius 2 is 1.95 bits per heavy atom. The average Bonchev–Trinajstić information content (AvgIpc) is 2.45. The van der Waals surface area contributed by atoms with Crippen LogP contribution in [0.1, 0.15) is 23.2 Å². The van der Waals surface area contributed by atoms with E-state index in [9.17, 15) is 9.59 Å². The van der Waals surface area contributed by atoms with Gasteiger partial charge in [0.2, 0.25) is 5.91 Å². The van der Waals surface area contributed by atoms with Crippen molar-refractivity contribution in [3.8, 4) is 0 Å². The Morgan fingerprint density at radius 1 is 1.29 bits per heavy atom. The smallest absolute Gasteiger partial charge is 0.255 e. The molecule has 0 atom stereocenters. The summed E-state index contributed by atoms with van der Waals surface area (Å²) < 4.78 is 1.58. The fourth-order valence-electron chi connectivity index (χ4n) is 2.47. The highest BCUT2D eigenvalue weighted by atomic mass is 79.9. The molecule has 1 aliphatic heterocycles. The van der Waals surface area contributed by atoms with Crippen LogP contribution in [0.2, 0.25) is 0 Å². The number of primary amides is 1. The van der Waals surface area contributed by atoms with Gasteiger partial charge in [-0.1, -0.05) is 15.9 Å². The Bertz CT molecular complexity index is 545. The molecule has 2 amide bonds. The van der Waals surface area contributed by atoms with E-state index >= 15 is 0 Å². The quantitative estimate of drug-likeness (QED) is 0.783. The zero-order chi connectivity index (χ0) is 15.4. The van der Waals surface area contributed by atoms with E-state index in [2.05, 4.69) is 37.2 Å². The van der Waals surface area contributed by atoms with Gasteiger partial charge in [0.25, 0.3) is 5.91 Å².